The number of ether oxygens (including phenoxy) is 3. The number of hydrogen-bond acceptors (Lipinski definition) is 12. The smallest absolute Gasteiger partial charge is 0.410 e. The van der Waals surface area contributed by atoms with Crippen LogP contribution < -0.4 is 15.4 Å². The molecule has 0 radical (unpaired) electrons. The van der Waals surface area contributed by atoms with Gasteiger partial charge in [-0.25, -0.2) is 27.2 Å². The molecule has 6 aliphatic rings. The van der Waals surface area contributed by atoms with Crippen LogP contribution in [0.4, 0.5) is 14.0 Å². The first-order valence-corrected chi connectivity index (χ1v) is 20.4. The molecular formula is C37H45FN6O12S. The number of morpholine rings is 1. The van der Waals surface area contributed by atoms with Gasteiger partial charge < -0.3 is 34.6 Å². The Hall–Kier alpha value is -5.27. The third-order valence-electron chi connectivity index (χ3n) is 11.1. The fourth-order valence-corrected chi connectivity index (χ4v) is 9.25. The van der Waals surface area contributed by atoms with Crippen LogP contribution in [-0.4, -0.2) is 125 Å². The SMILES string of the molecule is C=CC1CC1(NC(=O)[C@@H]1CC(OC(=O)N2Cc3cccc(F)c3C2)CN1C(=O)[C@H](CC(=O)N1C[C@H]2C[C@@H]1C(=O)O2)NC(=O)OC(C)(C)C)C(=O)NS(=O)(=O)C1CC1. The van der Waals surface area contributed by atoms with Crippen molar-refractivity contribution in [1.29, 1.82) is 0 Å². The molecule has 57 heavy (non-hydrogen) atoms. The first-order valence-electron chi connectivity index (χ1n) is 18.8. The van der Waals surface area contributed by atoms with Crippen LogP contribution in [0.15, 0.2) is 30.9 Å². The van der Waals surface area contributed by atoms with Crippen LogP contribution in [-0.2, 0) is 61.3 Å². The van der Waals surface area contributed by atoms with Gasteiger partial charge in [-0.1, -0.05) is 18.2 Å². The molecule has 1 aromatic carbocycles. The first-order chi connectivity index (χ1) is 26.8. The van der Waals surface area contributed by atoms with Gasteiger partial charge in [0.15, 0.2) is 0 Å². The van der Waals surface area contributed by atoms with Crippen LogP contribution in [0, 0.1) is 11.7 Å². The summed E-state index contributed by atoms with van der Waals surface area (Å²) in [6.45, 7) is 8.11. The molecule has 6 amide bonds. The van der Waals surface area contributed by atoms with Crippen LogP contribution in [0.5, 0.6) is 0 Å². The second-order valence-electron chi connectivity index (χ2n) is 16.4. The van der Waals surface area contributed by atoms with E-state index in [0.29, 0.717) is 24.0 Å². The van der Waals surface area contributed by atoms with Crippen LogP contribution in [0.1, 0.15) is 70.4 Å². The second kappa shape index (κ2) is 14.6. The second-order valence-corrected chi connectivity index (χ2v) is 18.4. The summed E-state index contributed by atoms with van der Waals surface area (Å²) in [4.78, 5) is 98.3. The van der Waals surface area contributed by atoms with E-state index in [1.807, 2.05) is 0 Å². The van der Waals surface area contributed by atoms with Crippen molar-refractivity contribution in [3.63, 3.8) is 0 Å². The Morgan fingerprint density at radius 2 is 1.82 bits per heavy atom. The number of carbonyl (C=O) groups excluding carboxylic acids is 7. The van der Waals surface area contributed by atoms with Crippen molar-refractivity contribution >= 4 is 51.8 Å². The van der Waals surface area contributed by atoms with E-state index in [2.05, 4.69) is 21.9 Å². The van der Waals surface area contributed by atoms with E-state index in [9.17, 15) is 46.4 Å². The van der Waals surface area contributed by atoms with Crippen molar-refractivity contribution in [2.45, 2.75) is 119 Å². The molecule has 1 aromatic rings. The summed E-state index contributed by atoms with van der Waals surface area (Å²) in [5.74, 6) is -5.21. The molecule has 20 heteroatoms. The van der Waals surface area contributed by atoms with Gasteiger partial charge in [-0.3, -0.25) is 28.8 Å². The number of benzene rings is 1. The molecule has 308 valence electrons. The summed E-state index contributed by atoms with van der Waals surface area (Å²) in [5, 5.41) is 4.33. The van der Waals surface area contributed by atoms with Crippen molar-refractivity contribution in [2.24, 2.45) is 5.92 Å². The van der Waals surface area contributed by atoms with Crippen molar-refractivity contribution in [1.82, 2.24) is 30.1 Å². The molecule has 3 N–H and O–H groups in total. The monoisotopic (exact) mass is 816 g/mol. The van der Waals surface area contributed by atoms with Crippen LogP contribution >= 0.6 is 0 Å². The number of carbonyl (C=O) groups is 7. The highest BCUT2D eigenvalue weighted by Gasteiger charge is 2.62. The van der Waals surface area contributed by atoms with E-state index in [4.69, 9.17) is 14.2 Å². The van der Waals surface area contributed by atoms with E-state index in [1.54, 1.807) is 26.8 Å². The van der Waals surface area contributed by atoms with E-state index in [1.165, 1.54) is 28.0 Å². The van der Waals surface area contributed by atoms with Gasteiger partial charge in [0.05, 0.1) is 31.3 Å². The van der Waals surface area contributed by atoms with Gasteiger partial charge in [0.25, 0.3) is 5.91 Å². The maximum atomic E-state index is 14.6. The number of rotatable bonds is 11. The lowest BCUT2D eigenvalue weighted by Gasteiger charge is -2.32. The summed E-state index contributed by atoms with van der Waals surface area (Å²) in [5.41, 5.74) is -1.82. The van der Waals surface area contributed by atoms with Gasteiger partial charge in [0.1, 0.15) is 47.3 Å². The number of alkyl carbamates (subject to hydrolysis) is 1. The van der Waals surface area contributed by atoms with Crippen LogP contribution in [0.3, 0.4) is 0 Å². The van der Waals surface area contributed by atoms with Crippen molar-refractivity contribution in [2.75, 3.05) is 13.1 Å². The highest BCUT2D eigenvalue weighted by molar-refractivity contribution is 7.91. The van der Waals surface area contributed by atoms with E-state index >= 15 is 0 Å². The molecule has 3 unspecified atom stereocenters. The van der Waals surface area contributed by atoms with Crippen molar-refractivity contribution in [3.05, 3.63) is 47.8 Å². The number of hydrogen-bond donors (Lipinski definition) is 3. The van der Waals surface area contributed by atoms with E-state index in [0.717, 1.165) is 4.90 Å². The standard InChI is InChI=1S/C37H45FN6O12S/c1-5-20-14-37(20,33(49)41-57(52,53)23-9-10-23)40-30(46)27-11-22(55-35(51)42-15-19-7-6-8-25(38)24(19)18-42)17-44(27)31(47)26(39-34(50)56-36(2,3)4)13-29(45)43-16-21-12-28(43)32(48)54-21/h5-8,20-23,26-28H,1,9-18H2,2-4H3,(H,39,50)(H,40,46)(H,41,49)/t20?,21-,22?,26+,27+,28-,37?/m1/s1. The molecule has 0 spiro atoms. The maximum absolute atomic E-state index is 14.6. The number of likely N-dealkylation sites (tertiary alicyclic amines) is 2. The fraction of sp³-hybridized carbons (Fsp3) is 0.595. The number of esters is 1. The zero-order chi connectivity index (χ0) is 41.2. The predicted molar refractivity (Wildman–Crippen MR) is 193 cm³/mol. The first kappa shape index (κ1) is 39.9. The third-order valence-corrected chi connectivity index (χ3v) is 12.9. The Balaban J connectivity index is 1.14. The highest BCUT2D eigenvalue weighted by atomic mass is 32.2. The number of fused-ring (bicyclic) bond motifs is 3. The molecule has 4 aliphatic heterocycles. The minimum absolute atomic E-state index is 0.0111. The molecule has 18 nitrogen and oxygen atoms in total. The largest absolute Gasteiger partial charge is 0.459 e. The van der Waals surface area contributed by atoms with Gasteiger partial charge in [0, 0.05) is 30.9 Å². The zero-order valence-electron chi connectivity index (χ0n) is 31.7. The third kappa shape index (κ3) is 8.13. The van der Waals surface area contributed by atoms with Gasteiger partial charge in [-0.2, -0.15) is 0 Å². The summed E-state index contributed by atoms with van der Waals surface area (Å²) < 4.78 is 58.3. The molecule has 4 heterocycles. The molecule has 2 saturated carbocycles. The average Bonchev–Trinajstić information content (AvgIpc) is 3.88. The van der Waals surface area contributed by atoms with E-state index in [-0.39, 0.29) is 38.9 Å². The van der Waals surface area contributed by atoms with Crippen molar-refractivity contribution in [3.8, 4) is 0 Å². The van der Waals surface area contributed by atoms with E-state index < -0.39 is 123 Å². The van der Waals surface area contributed by atoms with Crippen LogP contribution in [0.25, 0.3) is 0 Å². The summed E-state index contributed by atoms with van der Waals surface area (Å²) in [6, 6.07) is 0.495. The maximum Gasteiger partial charge on any atom is 0.410 e. The molecule has 2 bridgehead atoms. The molecule has 0 aromatic heterocycles. The Morgan fingerprint density at radius 1 is 1.09 bits per heavy atom. The van der Waals surface area contributed by atoms with Gasteiger partial charge in [-0.05, 0) is 51.7 Å². The van der Waals surface area contributed by atoms with Gasteiger partial charge in [-0.15, -0.1) is 6.58 Å². The van der Waals surface area contributed by atoms with Gasteiger partial charge in [0.2, 0.25) is 27.7 Å². The lowest BCUT2D eigenvalue weighted by molar-refractivity contribution is -0.157. The molecule has 5 fully saturated rings. The molecule has 3 saturated heterocycles. The average molecular weight is 817 g/mol. The quantitative estimate of drug-likeness (QED) is 0.160. The number of sulfonamides is 1. The van der Waals surface area contributed by atoms with Crippen LogP contribution in [0.2, 0.25) is 0 Å². The Labute approximate surface area is 327 Å². The summed E-state index contributed by atoms with van der Waals surface area (Å²) in [6.07, 6.45) is -2.05. The number of nitrogens with one attached hydrogen (secondary N) is 3. The molecule has 7 rings (SSSR count). The number of nitrogens with zero attached hydrogens (tertiary/aromatic N) is 3. The lowest BCUT2D eigenvalue weighted by atomic mass is 10.1. The predicted octanol–water partition coefficient (Wildman–Crippen LogP) is 0.726. The normalized spacial score (nSPS) is 27.9. The fourth-order valence-electron chi connectivity index (χ4n) is 7.89. The zero-order valence-corrected chi connectivity index (χ0v) is 32.5. The molecule has 2 aliphatic carbocycles. The lowest BCUT2D eigenvalue weighted by Crippen LogP contribution is -2.59. The van der Waals surface area contributed by atoms with Crippen molar-refractivity contribution < 1.29 is 60.6 Å². The Bertz CT molecular complexity index is 2040. The Kier molecular flexibility index (Phi) is 10.2. The minimum atomic E-state index is -4.01. The topological polar surface area (TPSA) is 227 Å². The number of halogens is 1. The highest BCUT2D eigenvalue weighted by Crippen LogP contribution is 2.45. The summed E-state index contributed by atoms with van der Waals surface area (Å²) >= 11 is 0. The molecule has 7 atom stereocenters. The minimum Gasteiger partial charge on any atom is -0.459 e. The Morgan fingerprint density at radius 3 is 2.44 bits per heavy atom. The molecular weight excluding hydrogens is 772 g/mol. The summed E-state index contributed by atoms with van der Waals surface area (Å²) in [7, 11) is -4.01. The van der Waals surface area contributed by atoms with Gasteiger partial charge >= 0.3 is 18.2 Å². The number of amides is 6.